The minimum atomic E-state index is -2.50. The van der Waals surface area contributed by atoms with Gasteiger partial charge in [0.05, 0.1) is 5.69 Å². The molecule has 0 saturated heterocycles. The van der Waals surface area contributed by atoms with Crippen LogP contribution in [0.4, 0.5) is 0 Å². The second-order valence-corrected chi connectivity index (χ2v) is 13.8. The maximum absolute atomic E-state index is 4.88. The van der Waals surface area contributed by atoms with Gasteiger partial charge in [0.15, 0.2) is 8.07 Å². The van der Waals surface area contributed by atoms with E-state index in [1.165, 1.54) is 20.7 Å². The molecular formula is C32H30N2Si. The summed E-state index contributed by atoms with van der Waals surface area (Å²) in [6.45, 7) is 6.44. The van der Waals surface area contributed by atoms with Gasteiger partial charge in [-0.25, -0.2) is 9.97 Å². The van der Waals surface area contributed by atoms with E-state index in [-0.39, 0.29) is 5.41 Å². The zero-order valence-electron chi connectivity index (χ0n) is 20.5. The first kappa shape index (κ1) is 22.9. The summed E-state index contributed by atoms with van der Waals surface area (Å²) in [6.07, 6.45) is 1.87. The van der Waals surface area contributed by atoms with Crippen molar-refractivity contribution in [1.29, 1.82) is 0 Å². The molecule has 0 fully saturated rings. The summed E-state index contributed by atoms with van der Waals surface area (Å²) in [5, 5.41) is 5.49. The molecule has 3 heteroatoms. The molecule has 5 rings (SSSR count). The van der Waals surface area contributed by atoms with Gasteiger partial charge in [0, 0.05) is 17.2 Å². The monoisotopic (exact) mass is 470 g/mol. The zero-order chi connectivity index (χ0) is 24.3. The molecule has 35 heavy (non-hydrogen) atoms. The highest BCUT2D eigenvalue weighted by molar-refractivity contribution is 7.19. The Labute approximate surface area is 209 Å². The third-order valence-corrected chi connectivity index (χ3v) is 11.4. The Morgan fingerprint density at radius 3 is 1.37 bits per heavy atom. The molecule has 1 aromatic heterocycles. The van der Waals surface area contributed by atoms with E-state index in [2.05, 4.69) is 141 Å². The summed E-state index contributed by atoms with van der Waals surface area (Å²) < 4.78 is 0. The highest BCUT2D eigenvalue weighted by atomic mass is 28.3. The molecular weight excluding hydrogens is 440 g/mol. The summed E-state index contributed by atoms with van der Waals surface area (Å²) in [6, 6.07) is 44.1. The van der Waals surface area contributed by atoms with Gasteiger partial charge >= 0.3 is 0 Å². The van der Waals surface area contributed by atoms with Gasteiger partial charge in [0.25, 0.3) is 0 Å². The van der Waals surface area contributed by atoms with Crippen LogP contribution in [0.3, 0.4) is 0 Å². The number of rotatable bonds is 5. The smallest absolute Gasteiger partial charge is 0.179 e. The van der Waals surface area contributed by atoms with Crippen LogP contribution in [-0.2, 0) is 5.41 Å². The van der Waals surface area contributed by atoms with Crippen LogP contribution in [0.1, 0.15) is 26.6 Å². The molecule has 0 bridgehead atoms. The van der Waals surface area contributed by atoms with Gasteiger partial charge in [-0.3, -0.25) is 0 Å². The molecule has 0 unspecified atom stereocenters. The van der Waals surface area contributed by atoms with Gasteiger partial charge in [0.1, 0.15) is 5.82 Å². The average molecular weight is 471 g/mol. The Bertz CT molecular complexity index is 1290. The first-order valence-electron chi connectivity index (χ1n) is 12.1. The number of nitrogens with zero attached hydrogens (tertiary/aromatic N) is 2. The van der Waals surface area contributed by atoms with Gasteiger partial charge in [-0.2, -0.15) is 0 Å². The standard InChI is InChI=1S/C32H30N2Si/c1-32(2,3)31-33-24-23-30(34-31)25-19-21-29(22-20-25)35(26-13-7-4-8-14-26,27-15-9-5-10-16-27)28-17-11-6-12-18-28/h4-24H,1-3H3. The highest BCUT2D eigenvalue weighted by Crippen LogP contribution is 2.22. The molecule has 4 aromatic carbocycles. The molecule has 0 amide bonds. The highest BCUT2D eigenvalue weighted by Gasteiger charge is 2.41. The third kappa shape index (κ3) is 4.35. The molecule has 0 radical (unpaired) electrons. The van der Waals surface area contributed by atoms with Crippen LogP contribution >= 0.6 is 0 Å². The predicted molar refractivity (Wildman–Crippen MR) is 150 cm³/mol. The first-order chi connectivity index (χ1) is 17.0. The number of hydrogen-bond acceptors (Lipinski definition) is 2. The van der Waals surface area contributed by atoms with E-state index in [9.17, 15) is 0 Å². The van der Waals surface area contributed by atoms with E-state index in [0.717, 1.165) is 17.1 Å². The lowest BCUT2D eigenvalue weighted by Gasteiger charge is -2.34. The summed E-state index contributed by atoms with van der Waals surface area (Å²) in [5.74, 6) is 0.862. The van der Waals surface area contributed by atoms with E-state index in [1.807, 2.05) is 12.3 Å². The van der Waals surface area contributed by atoms with Crippen molar-refractivity contribution in [2.45, 2.75) is 26.2 Å². The van der Waals surface area contributed by atoms with E-state index in [0.29, 0.717) is 0 Å². The minimum Gasteiger partial charge on any atom is -0.241 e. The molecule has 0 spiro atoms. The zero-order valence-corrected chi connectivity index (χ0v) is 21.5. The van der Waals surface area contributed by atoms with Crippen molar-refractivity contribution in [2.75, 3.05) is 0 Å². The fraction of sp³-hybridized carbons (Fsp3) is 0.125. The Morgan fingerprint density at radius 1 is 0.514 bits per heavy atom. The summed E-state index contributed by atoms with van der Waals surface area (Å²) >= 11 is 0. The van der Waals surface area contributed by atoms with Crippen molar-refractivity contribution in [3.05, 3.63) is 133 Å². The molecule has 0 aliphatic carbocycles. The lowest BCUT2D eigenvalue weighted by molar-refractivity contribution is 0.546. The van der Waals surface area contributed by atoms with Crippen LogP contribution in [0, 0.1) is 0 Å². The van der Waals surface area contributed by atoms with Gasteiger partial charge in [-0.15, -0.1) is 0 Å². The lowest BCUT2D eigenvalue weighted by atomic mass is 9.95. The SMILES string of the molecule is CC(C)(C)c1nccc(-c2ccc([Si](c3ccccc3)(c3ccccc3)c3ccccc3)cc2)n1. The molecule has 0 atom stereocenters. The summed E-state index contributed by atoms with van der Waals surface area (Å²) in [4.78, 5) is 9.39. The van der Waals surface area contributed by atoms with Crippen molar-refractivity contribution >= 4 is 28.8 Å². The van der Waals surface area contributed by atoms with Crippen LogP contribution < -0.4 is 20.7 Å². The van der Waals surface area contributed by atoms with E-state index >= 15 is 0 Å². The van der Waals surface area contributed by atoms with Gasteiger partial charge in [-0.1, -0.05) is 136 Å². The van der Waals surface area contributed by atoms with Crippen LogP contribution in [0.2, 0.25) is 0 Å². The van der Waals surface area contributed by atoms with Gasteiger partial charge in [0.2, 0.25) is 0 Å². The Morgan fingerprint density at radius 2 is 0.943 bits per heavy atom. The van der Waals surface area contributed by atoms with Crippen LogP contribution in [0.25, 0.3) is 11.3 Å². The molecule has 0 aliphatic heterocycles. The molecule has 172 valence electrons. The van der Waals surface area contributed by atoms with Gasteiger partial charge in [-0.05, 0) is 26.8 Å². The van der Waals surface area contributed by atoms with E-state index < -0.39 is 8.07 Å². The summed E-state index contributed by atoms with van der Waals surface area (Å²) in [7, 11) is -2.50. The minimum absolute atomic E-state index is 0.0913. The van der Waals surface area contributed by atoms with Crippen molar-refractivity contribution < 1.29 is 0 Å². The number of hydrogen-bond donors (Lipinski definition) is 0. The number of aromatic nitrogens is 2. The van der Waals surface area contributed by atoms with Crippen molar-refractivity contribution in [3.8, 4) is 11.3 Å². The molecule has 0 aliphatic rings. The topological polar surface area (TPSA) is 25.8 Å². The van der Waals surface area contributed by atoms with Crippen LogP contribution in [-0.4, -0.2) is 18.0 Å². The molecule has 0 saturated carbocycles. The Kier molecular flexibility index (Phi) is 6.19. The fourth-order valence-corrected chi connectivity index (χ4v) is 9.58. The fourth-order valence-electron chi connectivity index (χ4n) is 4.84. The Hall–Kier alpha value is -3.82. The summed E-state index contributed by atoms with van der Waals surface area (Å²) in [5.41, 5.74) is 1.98. The molecule has 1 heterocycles. The molecule has 2 nitrogen and oxygen atoms in total. The van der Waals surface area contributed by atoms with E-state index in [1.54, 1.807) is 0 Å². The van der Waals surface area contributed by atoms with Gasteiger partial charge < -0.3 is 0 Å². The second kappa shape index (κ2) is 9.44. The average Bonchev–Trinajstić information content (AvgIpc) is 2.91. The van der Waals surface area contributed by atoms with Crippen molar-refractivity contribution in [3.63, 3.8) is 0 Å². The molecule has 5 aromatic rings. The van der Waals surface area contributed by atoms with Crippen molar-refractivity contribution in [1.82, 2.24) is 9.97 Å². The van der Waals surface area contributed by atoms with E-state index in [4.69, 9.17) is 4.98 Å². The third-order valence-electron chi connectivity index (χ3n) is 6.56. The number of benzene rings is 4. The maximum atomic E-state index is 4.88. The first-order valence-corrected chi connectivity index (χ1v) is 14.1. The molecule has 0 N–H and O–H groups in total. The van der Waals surface area contributed by atoms with Crippen LogP contribution in [0.5, 0.6) is 0 Å². The quantitative estimate of drug-likeness (QED) is 0.272. The predicted octanol–water partition coefficient (Wildman–Crippen LogP) is 4.82. The normalized spacial score (nSPS) is 11.9. The Balaban J connectivity index is 1.72. The van der Waals surface area contributed by atoms with Crippen LogP contribution in [0.15, 0.2) is 128 Å². The van der Waals surface area contributed by atoms with Crippen molar-refractivity contribution in [2.24, 2.45) is 0 Å². The second-order valence-electron chi connectivity index (χ2n) is 9.94. The maximum Gasteiger partial charge on any atom is 0.179 e. The largest absolute Gasteiger partial charge is 0.241 e. The lowest BCUT2D eigenvalue weighted by Crippen LogP contribution is -2.74.